The van der Waals surface area contributed by atoms with Gasteiger partial charge in [-0.2, -0.15) is 0 Å². The van der Waals surface area contributed by atoms with E-state index in [0.29, 0.717) is 0 Å². The Morgan fingerprint density at radius 1 is 1.00 bits per heavy atom. The molecule has 0 saturated heterocycles. The van der Waals surface area contributed by atoms with Gasteiger partial charge in [-0.1, -0.05) is 44.7 Å². The van der Waals surface area contributed by atoms with E-state index in [1.54, 1.807) is 7.11 Å². The average molecular weight is 278 g/mol. The molecule has 2 heteroatoms. The number of ether oxygens (including phenoxy) is 1. The van der Waals surface area contributed by atoms with Gasteiger partial charge in [-0.3, -0.25) is 0 Å². The number of hydrogen-bond donors (Lipinski definition) is 1. The Bertz CT molecular complexity index is 354. The molecule has 0 spiro atoms. The molecule has 1 N–H and O–H groups in total. The van der Waals surface area contributed by atoms with Crippen LogP contribution < -0.4 is 4.74 Å². The van der Waals surface area contributed by atoms with Crippen molar-refractivity contribution in [3.8, 4) is 5.75 Å². The van der Waals surface area contributed by atoms with Crippen LogP contribution in [0.3, 0.4) is 0 Å². The number of benzene rings is 1. The topological polar surface area (TPSA) is 29.5 Å². The number of unbranched alkanes of at least 4 members (excludes halogenated alkanes) is 4. The molecule has 0 aromatic heterocycles. The SMILES string of the molecule is CCC(C)(O)CCCCCCCc1ccc(OC)cc1. The highest BCUT2D eigenvalue weighted by Crippen LogP contribution is 2.19. The van der Waals surface area contributed by atoms with Crippen molar-refractivity contribution in [2.24, 2.45) is 0 Å². The second-order valence-corrected chi connectivity index (χ2v) is 5.97. The Balaban J connectivity index is 2.04. The van der Waals surface area contributed by atoms with E-state index < -0.39 is 5.60 Å². The summed E-state index contributed by atoms with van der Waals surface area (Å²) in [7, 11) is 1.70. The summed E-state index contributed by atoms with van der Waals surface area (Å²) in [5.74, 6) is 0.928. The molecule has 0 amide bonds. The molecule has 20 heavy (non-hydrogen) atoms. The van der Waals surface area contributed by atoms with E-state index in [1.807, 2.05) is 19.1 Å². The number of aliphatic hydroxyl groups is 1. The summed E-state index contributed by atoms with van der Waals surface area (Å²) < 4.78 is 5.16. The number of rotatable bonds is 10. The molecular formula is C18H30O2. The summed E-state index contributed by atoms with van der Waals surface area (Å²) in [6.45, 7) is 3.99. The summed E-state index contributed by atoms with van der Waals surface area (Å²) in [6.07, 6.45) is 9.11. The molecule has 0 radical (unpaired) electrons. The average Bonchev–Trinajstić information content (AvgIpc) is 2.47. The van der Waals surface area contributed by atoms with Gasteiger partial charge in [0.05, 0.1) is 12.7 Å². The highest BCUT2D eigenvalue weighted by molar-refractivity contribution is 5.27. The van der Waals surface area contributed by atoms with E-state index in [0.717, 1.165) is 31.4 Å². The van der Waals surface area contributed by atoms with Gasteiger partial charge in [0.15, 0.2) is 0 Å². The minimum atomic E-state index is -0.455. The number of methoxy groups -OCH3 is 1. The Labute approximate surface area is 124 Å². The van der Waals surface area contributed by atoms with Crippen LogP contribution in [-0.2, 0) is 6.42 Å². The molecule has 114 valence electrons. The van der Waals surface area contributed by atoms with E-state index in [4.69, 9.17) is 4.74 Å². The van der Waals surface area contributed by atoms with Crippen LogP contribution in [0.1, 0.15) is 64.4 Å². The van der Waals surface area contributed by atoms with Crippen LogP contribution in [0.25, 0.3) is 0 Å². The van der Waals surface area contributed by atoms with E-state index in [1.165, 1.54) is 31.2 Å². The predicted molar refractivity (Wildman–Crippen MR) is 85.3 cm³/mol. The molecule has 0 heterocycles. The maximum atomic E-state index is 9.91. The Kier molecular flexibility index (Phi) is 7.68. The van der Waals surface area contributed by atoms with Gasteiger partial charge in [0.25, 0.3) is 0 Å². The molecule has 0 aliphatic carbocycles. The molecule has 0 aliphatic rings. The Morgan fingerprint density at radius 3 is 2.20 bits per heavy atom. The van der Waals surface area contributed by atoms with Gasteiger partial charge in [0.2, 0.25) is 0 Å². The lowest BCUT2D eigenvalue weighted by molar-refractivity contribution is 0.0442. The van der Waals surface area contributed by atoms with Crippen LogP contribution in [0.5, 0.6) is 5.75 Å². The monoisotopic (exact) mass is 278 g/mol. The van der Waals surface area contributed by atoms with Gasteiger partial charge in [-0.25, -0.2) is 0 Å². The van der Waals surface area contributed by atoms with Crippen LogP contribution in [-0.4, -0.2) is 17.8 Å². The van der Waals surface area contributed by atoms with Crippen LogP contribution in [0.2, 0.25) is 0 Å². The lowest BCUT2D eigenvalue weighted by Gasteiger charge is -2.20. The third kappa shape index (κ3) is 6.95. The zero-order chi connectivity index (χ0) is 14.8. The minimum absolute atomic E-state index is 0.455. The van der Waals surface area contributed by atoms with Crippen LogP contribution in [0.4, 0.5) is 0 Å². The fraction of sp³-hybridized carbons (Fsp3) is 0.667. The van der Waals surface area contributed by atoms with Gasteiger partial charge in [0.1, 0.15) is 5.75 Å². The molecule has 2 nitrogen and oxygen atoms in total. The standard InChI is InChI=1S/C18H30O2/c1-4-18(2,19)15-9-7-5-6-8-10-16-11-13-17(20-3)14-12-16/h11-14,19H,4-10,15H2,1-3H3. The van der Waals surface area contributed by atoms with Crippen molar-refractivity contribution in [3.63, 3.8) is 0 Å². The van der Waals surface area contributed by atoms with Gasteiger partial charge in [-0.05, 0) is 50.3 Å². The van der Waals surface area contributed by atoms with Crippen molar-refractivity contribution in [1.82, 2.24) is 0 Å². The summed E-state index contributed by atoms with van der Waals surface area (Å²) >= 11 is 0. The molecule has 1 aromatic carbocycles. The van der Waals surface area contributed by atoms with Crippen LogP contribution in [0, 0.1) is 0 Å². The third-order valence-corrected chi connectivity index (χ3v) is 4.10. The maximum Gasteiger partial charge on any atom is 0.118 e. The van der Waals surface area contributed by atoms with Crippen molar-refractivity contribution in [3.05, 3.63) is 29.8 Å². The highest BCUT2D eigenvalue weighted by Gasteiger charge is 2.15. The molecule has 1 aromatic rings. The van der Waals surface area contributed by atoms with Crippen molar-refractivity contribution < 1.29 is 9.84 Å². The molecule has 1 rings (SSSR count). The summed E-state index contributed by atoms with van der Waals surface area (Å²) in [5, 5.41) is 9.91. The van der Waals surface area contributed by atoms with E-state index >= 15 is 0 Å². The Morgan fingerprint density at radius 2 is 1.60 bits per heavy atom. The first-order chi connectivity index (χ1) is 9.57. The first-order valence-electron chi connectivity index (χ1n) is 7.93. The zero-order valence-electron chi connectivity index (χ0n) is 13.3. The molecule has 0 fully saturated rings. The van der Waals surface area contributed by atoms with Crippen molar-refractivity contribution in [2.75, 3.05) is 7.11 Å². The van der Waals surface area contributed by atoms with Gasteiger partial charge >= 0.3 is 0 Å². The van der Waals surface area contributed by atoms with Crippen LogP contribution in [0.15, 0.2) is 24.3 Å². The summed E-state index contributed by atoms with van der Waals surface area (Å²) in [6, 6.07) is 8.36. The quantitative estimate of drug-likeness (QED) is 0.626. The fourth-order valence-corrected chi connectivity index (χ4v) is 2.33. The second-order valence-electron chi connectivity index (χ2n) is 5.97. The molecular weight excluding hydrogens is 248 g/mol. The minimum Gasteiger partial charge on any atom is -0.497 e. The predicted octanol–water partition coefficient (Wildman–Crippen LogP) is 4.74. The van der Waals surface area contributed by atoms with Gasteiger partial charge in [0, 0.05) is 0 Å². The van der Waals surface area contributed by atoms with E-state index in [2.05, 4.69) is 19.1 Å². The van der Waals surface area contributed by atoms with Crippen molar-refractivity contribution in [2.45, 2.75) is 70.8 Å². The first-order valence-corrected chi connectivity index (χ1v) is 7.93. The van der Waals surface area contributed by atoms with Gasteiger partial charge < -0.3 is 9.84 Å². The van der Waals surface area contributed by atoms with E-state index in [9.17, 15) is 5.11 Å². The lowest BCUT2D eigenvalue weighted by atomic mass is 9.95. The second kappa shape index (κ2) is 9.02. The molecule has 0 aliphatic heterocycles. The summed E-state index contributed by atoms with van der Waals surface area (Å²) in [4.78, 5) is 0. The maximum absolute atomic E-state index is 9.91. The summed E-state index contributed by atoms with van der Waals surface area (Å²) in [5.41, 5.74) is 0.933. The Hall–Kier alpha value is -1.02. The highest BCUT2D eigenvalue weighted by atomic mass is 16.5. The first kappa shape index (κ1) is 17.0. The molecule has 0 bridgehead atoms. The molecule has 1 unspecified atom stereocenters. The molecule has 1 atom stereocenters. The van der Waals surface area contributed by atoms with Gasteiger partial charge in [-0.15, -0.1) is 0 Å². The van der Waals surface area contributed by atoms with E-state index in [-0.39, 0.29) is 0 Å². The number of hydrogen-bond acceptors (Lipinski definition) is 2. The third-order valence-electron chi connectivity index (χ3n) is 4.10. The zero-order valence-corrected chi connectivity index (χ0v) is 13.3. The van der Waals surface area contributed by atoms with Crippen molar-refractivity contribution in [1.29, 1.82) is 0 Å². The van der Waals surface area contributed by atoms with Crippen LogP contribution >= 0.6 is 0 Å². The largest absolute Gasteiger partial charge is 0.497 e. The fourth-order valence-electron chi connectivity index (χ4n) is 2.33. The normalized spacial score (nSPS) is 14.0. The lowest BCUT2D eigenvalue weighted by Crippen LogP contribution is -2.22. The number of aryl methyl sites for hydroxylation is 1. The van der Waals surface area contributed by atoms with Crippen molar-refractivity contribution >= 4 is 0 Å². The smallest absolute Gasteiger partial charge is 0.118 e. The molecule has 0 saturated carbocycles.